The van der Waals surface area contributed by atoms with Crippen LogP contribution in [0.15, 0.2) is 0 Å². The standard InChI is InChI=1S/C8H11Cl/c9-8-4-1-2-5(8)7-3-6(4)7/h4-8H,1-3H2/t4-,5+,6+,7-,8?. The van der Waals surface area contributed by atoms with Gasteiger partial charge in [-0.05, 0) is 42.9 Å². The minimum absolute atomic E-state index is 0.591. The highest BCUT2D eigenvalue weighted by molar-refractivity contribution is 6.21. The van der Waals surface area contributed by atoms with Gasteiger partial charge in [-0.25, -0.2) is 0 Å². The molecule has 0 nitrogen and oxygen atoms in total. The summed E-state index contributed by atoms with van der Waals surface area (Å²) in [4.78, 5) is 0. The average molecular weight is 143 g/mol. The lowest BCUT2D eigenvalue weighted by atomic mass is 10.0. The van der Waals surface area contributed by atoms with Gasteiger partial charge in [0.25, 0.3) is 0 Å². The zero-order valence-electron chi connectivity index (χ0n) is 5.39. The van der Waals surface area contributed by atoms with Crippen molar-refractivity contribution < 1.29 is 0 Å². The molecule has 3 rings (SSSR count). The van der Waals surface area contributed by atoms with Crippen molar-refractivity contribution in [2.24, 2.45) is 23.7 Å². The number of alkyl halides is 1. The molecule has 5 atom stereocenters. The molecule has 0 aliphatic heterocycles. The lowest BCUT2D eigenvalue weighted by Gasteiger charge is -2.08. The molecule has 9 heavy (non-hydrogen) atoms. The Kier molecular flexibility index (Phi) is 0.733. The summed E-state index contributed by atoms with van der Waals surface area (Å²) in [5.41, 5.74) is 0. The second kappa shape index (κ2) is 1.32. The van der Waals surface area contributed by atoms with Gasteiger partial charge in [-0.3, -0.25) is 0 Å². The summed E-state index contributed by atoms with van der Waals surface area (Å²) < 4.78 is 0. The van der Waals surface area contributed by atoms with Crippen molar-refractivity contribution in [1.29, 1.82) is 0 Å². The number of hydrogen-bond acceptors (Lipinski definition) is 0. The van der Waals surface area contributed by atoms with Gasteiger partial charge in [0.15, 0.2) is 0 Å². The normalized spacial score (nSPS) is 68.3. The van der Waals surface area contributed by atoms with E-state index in [4.69, 9.17) is 11.6 Å². The van der Waals surface area contributed by atoms with Crippen LogP contribution < -0.4 is 0 Å². The Balaban J connectivity index is 2.00. The quantitative estimate of drug-likeness (QED) is 0.456. The molecule has 3 aliphatic rings. The SMILES string of the molecule is ClC1[C@H]2CC[C@@H]1[C@@H]1C[C@@H]12. The Bertz CT molecular complexity index is 139. The van der Waals surface area contributed by atoms with Gasteiger partial charge in [0.05, 0.1) is 0 Å². The van der Waals surface area contributed by atoms with Crippen molar-refractivity contribution in [3.8, 4) is 0 Å². The van der Waals surface area contributed by atoms with Crippen LogP contribution in [0.1, 0.15) is 19.3 Å². The van der Waals surface area contributed by atoms with Crippen LogP contribution in [0.5, 0.6) is 0 Å². The van der Waals surface area contributed by atoms with E-state index in [0.717, 1.165) is 23.7 Å². The van der Waals surface area contributed by atoms with E-state index in [1.165, 1.54) is 19.3 Å². The summed E-state index contributed by atoms with van der Waals surface area (Å²) in [6, 6.07) is 0. The Hall–Kier alpha value is 0.290. The molecular weight excluding hydrogens is 132 g/mol. The van der Waals surface area contributed by atoms with Crippen molar-refractivity contribution in [2.75, 3.05) is 0 Å². The third-order valence-corrected chi connectivity index (χ3v) is 4.29. The van der Waals surface area contributed by atoms with E-state index < -0.39 is 0 Å². The fourth-order valence-corrected chi connectivity index (χ4v) is 3.77. The van der Waals surface area contributed by atoms with E-state index >= 15 is 0 Å². The molecule has 2 bridgehead atoms. The highest BCUT2D eigenvalue weighted by Gasteiger charge is 2.61. The van der Waals surface area contributed by atoms with Crippen LogP contribution in [0.2, 0.25) is 0 Å². The lowest BCUT2D eigenvalue weighted by Crippen LogP contribution is -2.08. The van der Waals surface area contributed by atoms with Crippen molar-refractivity contribution in [1.82, 2.24) is 0 Å². The predicted molar refractivity (Wildman–Crippen MR) is 37.5 cm³/mol. The first-order chi connectivity index (χ1) is 4.38. The summed E-state index contributed by atoms with van der Waals surface area (Å²) in [6.07, 6.45) is 4.42. The maximum atomic E-state index is 6.20. The Morgan fingerprint density at radius 1 is 0.889 bits per heavy atom. The van der Waals surface area contributed by atoms with E-state index in [9.17, 15) is 0 Å². The van der Waals surface area contributed by atoms with Gasteiger partial charge in [-0.2, -0.15) is 0 Å². The van der Waals surface area contributed by atoms with Crippen molar-refractivity contribution in [3.63, 3.8) is 0 Å². The van der Waals surface area contributed by atoms with Crippen LogP contribution in [0, 0.1) is 23.7 Å². The van der Waals surface area contributed by atoms with Crippen molar-refractivity contribution >= 4 is 11.6 Å². The number of rotatable bonds is 0. The van der Waals surface area contributed by atoms with Gasteiger partial charge in [0, 0.05) is 5.38 Å². The fraction of sp³-hybridized carbons (Fsp3) is 1.00. The van der Waals surface area contributed by atoms with Crippen molar-refractivity contribution in [3.05, 3.63) is 0 Å². The number of fused-ring (bicyclic) bond motifs is 5. The third kappa shape index (κ3) is 0.440. The molecule has 0 aromatic carbocycles. The van der Waals surface area contributed by atoms with Gasteiger partial charge >= 0.3 is 0 Å². The molecule has 0 N–H and O–H groups in total. The second-order valence-electron chi connectivity index (χ2n) is 3.91. The molecule has 50 valence electrons. The average Bonchev–Trinajstić information content (AvgIpc) is 2.53. The molecule has 0 amide bonds. The molecule has 3 aliphatic carbocycles. The first-order valence-corrected chi connectivity index (χ1v) is 4.45. The van der Waals surface area contributed by atoms with E-state index in [0.29, 0.717) is 5.38 Å². The molecule has 1 heteroatoms. The summed E-state index contributed by atoms with van der Waals surface area (Å²) in [5.74, 6) is 4.07. The zero-order valence-corrected chi connectivity index (χ0v) is 6.14. The van der Waals surface area contributed by atoms with E-state index in [1.54, 1.807) is 0 Å². The number of halogens is 1. The summed E-state index contributed by atoms with van der Waals surface area (Å²) in [6.45, 7) is 0. The molecule has 0 aromatic rings. The molecule has 0 spiro atoms. The largest absolute Gasteiger partial charge is 0.122 e. The van der Waals surface area contributed by atoms with Crippen LogP contribution in [0.4, 0.5) is 0 Å². The maximum Gasteiger partial charge on any atom is 0.0397 e. The lowest BCUT2D eigenvalue weighted by molar-refractivity contribution is 0.456. The first kappa shape index (κ1) is 5.01. The molecule has 3 saturated carbocycles. The minimum Gasteiger partial charge on any atom is -0.122 e. The molecular formula is C8H11Cl. The van der Waals surface area contributed by atoms with Crippen LogP contribution in [-0.2, 0) is 0 Å². The van der Waals surface area contributed by atoms with E-state index in [-0.39, 0.29) is 0 Å². The summed E-state index contributed by atoms with van der Waals surface area (Å²) >= 11 is 6.20. The smallest absolute Gasteiger partial charge is 0.0397 e. The first-order valence-electron chi connectivity index (χ1n) is 4.02. The third-order valence-electron chi connectivity index (χ3n) is 3.64. The Morgan fingerprint density at radius 3 is 1.78 bits per heavy atom. The molecule has 0 saturated heterocycles. The second-order valence-corrected chi connectivity index (χ2v) is 4.42. The molecule has 0 heterocycles. The van der Waals surface area contributed by atoms with Crippen LogP contribution in [-0.4, -0.2) is 5.38 Å². The fourth-order valence-electron chi connectivity index (χ4n) is 3.14. The Morgan fingerprint density at radius 2 is 1.44 bits per heavy atom. The van der Waals surface area contributed by atoms with Crippen LogP contribution in [0.25, 0.3) is 0 Å². The summed E-state index contributed by atoms with van der Waals surface area (Å²) in [7, 11) is 0. The molecule has 1 unspecified atom stereocenters. The van der Waals surface area contributed by atoms with Crippen LogP contribution in [0.3, 0.4) is 0 Å². The predicted octanol–water partition coefficient (Wildman–Crippen LogP) is 2.27. The Labute approximate surface area is 60.6 Å². The monoisotopic (exact) mass is 142 g/mol. The minimum atomic E-state index is 0.591. The van der Waals surface area contributed by atoms with Gasteiger partial charge in [0.2, 0.25) is 0 Å². The highest BCUT2D eigenvalue weighted by atomic mass is 35.5. The topological polar surface area (TPSA) is 0 Å². The van der Waals surface area contributed by atoms with Gasteiger partial charge in [-0.15, -0.1) is 11.6 Å². The summed E-state index contributed by atoms with van der Waals surface area (Å²) in [5, 5.41) is 0.591. The van der Waals surface area contributed by atoms with E-state index in [2.05, 4.69) is 0 Å². The zero-order chi connectivity index (χ0) is 6.01. The molecule has 0 aromatic heterocycles. The van der Waals surface area contributed by atoms with Crippen LogP contribution >= 0.6 is 11.6 Å². The van der Waals surface area contributed by atoms with Gasteiger partial charge in [0.1, 0.15) is 0 Å². The maximum absolute atomic E-state index is 6.20. The van der Waals surface area contributed by atoms with Gasteiger partial charge in [-0.1, -0.05) is 0 Å². The molecule has 3 fully saturated rings. The number of hydrogen-bond donors (Lipinski definition) is 0. The molecule has 0 radical (unpaired) electrons. The highest BCUT2D eigenvalue weighted by Crippen LogP contribution is 2.67. The van der Waals surface area contributed by atoms with E-state index in [1.807, 2.05) is 0 Å². The van der Waals surface area contributed by atoms with Crippen molar-refractivity contribution in [2.45, 2.75) is 24.6 Å². The van der Waals surface area contributed by atoms with Gasteiger partial charge < -0.3 is 0 Å².